The second-order valence-corrected chi connectivity index (χ2v) is 7.54. The van der Waals surface area contributed by atoms with Gasteiger partial charge in [0.2, 0.25) is 0 Å². The second-order valence-electron chi connectivity index (χ2n) is 7.54. The summed E-state index contributed by atoms with van der Waals surface area (Å²) in [5.41, 5.74) is 12.3. The molecule has 3 heterocycles. The number of halogens is 2. The Morgan fingerprint density at radius 3 is 2.86 bits per heavy atom. The Morgan fingerprint density at radius 2 is 2.18 bits per heavy atom. The van der Waals surface area contributed by atoms with E-state index in [2.05, 4.69) is 10.4 Å². The van der Waals surface area contributed by atoms with E-state index < -0.39 is 11.8 Å². The van der Waals surface area contributed by atoms with Crippen LogP contribution in [0.4, 0.5) is 8.78 Å². The highest BCUT2D eigenvalue weighted by Crippen LogP contribution is 2.30. The molecule has 1 fully saturated rings. The molecule has 3 N–H and O–H groups in total. The zero-order valence-electron chi connectivity index (χ0n) is 15.7. The van der Waals surface area contributed by atoms with Crippen molar-refractivity contribution in [3.05, 3.63) is 47.3 Å². The van der Waals surface area contributed by atoms with Crippen LogP contribution in [0.5, 0.6) is 0 Å². The van der Waals surface area contributed by atoms with Crippen LogP contribution < -0.4 is 11.2 Å². The van der Waals surface area contributed by atoms with E-state index in [1.807, 2.05) is 36.5 Å². The SMILES string of the molecule is CN1C=C(c2cc(C(N)=O)nc3cc(CN4CCCC(F)(F)C4)ccc23)CN1. The quantitative estimate of drug-likeness (QED) is 0.843. The van der Waals surface area contributed by atoms with E-state index in [1.165, 1.54) is 0 Å². The number of primary amides is 1. The molecule has 4 rings (SSSR count). The molecule has 0 radical (unpaired) electrons. The van der Waals surface area contributed by atoms with Gasteiger partial charge >= 0.3 is 0 Å². The molecule has 0 saturated carbocycles. The number of nitrogens with zero attached hydrogens (tertiary/aromatic N) is 3. The molecule has 0 unspecified atom stereocenters. The Morgan fingerprint density at radius 1 is 1.36 bits per heavy atom. The highest BCUT2D eigenvalue weighted by Gasteiger charge is 2.34. The summed E-state index contributed by atoms with van der Waals surface area (Å²) in [4.78, 5) is 17.9. The van der Waals surface area contributed by atoms with Crippen molar-refractivity contribution in [1.29, 1.82) is 0 Å². The van der Waals surface area contributed by atoms with Gasteiger partial charge < -0.3 is 10.7 Å². The summed E-state index contributed by atoms with van der Waals surface area (Å²) in [6.07, 6.45) is 2.40. The van der Waals surface area contributed by atoms with E-state index in [9.17, 15) is 13.6 Å². The minimum atomic E-state index is -2.63. The van der Waals surface area contributed by atoms with Gasteiger partial charge in [-0.15, -0.1) is 0 Å². The van der Waals surface area contributed by atoms with Gasteiger partial charge in [-0.3, -0.25) is 9.69 Å². The number of carbonyl (C=O) groups is 1. The standard InChI is InChI=1S/C20H23F2N5O/c1-26-11-14(9-24-26)16-8-18(19(23)28)25-17-7-13(3-4-15(16)17)10-27-6-2-5-20(21,22)12-27/h3-4,7-8,11,24H,2,5-6,9-10,12H2,1H3,(H2,23,28). The molecule has 1 amide bonds. The predicted molar refractivity (Wildman–Crippen MR) is 103 cm³/mol. The van der Waals surface area contributed by atoms with E-state index in [0.29, 0.717) is 31.6 Å². The number of hydrogen-bond acceptors (Lipinski definition) is 5. The molecule has 1 aromatic carbocycles. The van der Waals surface area contributed by atoms with E-state index in [4.69, 9.17) is 5.73 Å². The van der Waals surface area contributed by atoms with Gasteiger partial charge in [-0.05, 0) is 41.8 Å². The minimum absolute atomic E-state index is 0.0499. The molecule has 28 heavy (non-hydrogen) atoms. The first kappa shape index (κ1) is 18.8. The maximum absolute atomic E-state index is 13.7. The van der Waals surface area contributed by atoms with Crippen LogP contribution in [0.25, 0.3) is 16.5 Å². The van der Waals surface area contributed by atoms with Crippen LogP contribution in [0, 0.1) is 0 Å². The number of benzene rings is 1. The summed E-state index contributed by atoms with van der Waals surface area (Å²) in [7, 11) is 1.90. The highest BCUT2D eigenvalue weighted by molar-refractivity contribution is 5.99. The normalized spacial score (nSPS) is 19.8. The van der Waals surface area contributed by atoms with E-state index >= 15 is 0 Å². The van der Waals surface area contributed by atoms with Crippen LogP contribution in [0.1, 0.15) is 34.5 Å². The summed E-state index contributed by atoms with van der Waals surface area (Å²) in [5, 5.41) is 2.76. The lowest BCUT2D eigenvalue weighted by Crippen LogP contribution is -2.41. The number of amides is 1. The largest absolute Gasteiger partial charge is 0.364 e. The summed E-state index contributed by atoms with van der Waals surface area (Å²) in [5.74, 6) is -3.22. The molecule has 2 aliphatic rings. The zero-order valence-corrected chi connectivity index (χ0v) is 15.7. The number of aromatic nitrogens is 1. The van der Waals surface area contributed by atoms with Gasteiger partial charge in [-0.2, -0.15) is 0 Å². The van der Waals surface area contributed by atoms with Gasteiger partial charge in [0.25, 0.3) is 11.8 Å². The topological polar surface area (TPSA) is 74.5 Å². The zero-order chi connectivity index (χ0) is 19.9. The first-order valence-electron chi connectivity index (χ1n) is 9.32. The molecule has 2 aliphatic heterocycles. The molecule has 0 spiro atoms. The Hall–Kier alpha value is -2.58. The number of pyridine rings is 1. The van der Waals surface area contributed by atoms with E-state index in [-0.39, 0.29) is 18.7 Å². The maximum atomic E-state index is 13.7. The van der Waals surface area contributed by atoms with Crippen molar-refractivity contribution in [1.82, 2.24) is 20.3 Å². The summed E-state index contributed by atoms with van der Waals surface area (Å²) in [6, 6.07) is 7.46. The van der Waals surface area contributed by atoms with Crippen LogP contribution in [0.2, 0.25) is 0 Å². The Kier molecular flexibility index (Phi) is 4.76. The lowest BCUT2D eigenvalue weighted by atomic mass is 9.99. The van der Waals surface area contributed by atoms with Crippen molar-refractivity contribution in [3.8, 4) is 0 Å². The summed E-state index contributed by atoms with van der Waals surface area (Å²) >= 11 is 0. The average molecular weight is 387 g/mol. The lowest BCUT2D eigenvalue weighted by molar-refractivity contribution is -0.0661. The van der Waals surface area contributed by atoms with Crippen molar-refractivity contribution < 1.29 is 13.6 Å². The lowest BCUT2D eigenvalue weighted by Gasteiger charge is -2.32. The second kappa shape index (κ2) is 7.10. The van der Waals surface area contributed by atoms with Gasteiger partial charge in [0.05, 0.1) is 12.1 Å². The molecule has 0 bridgehead atoms. The molecule has 1 saturated heterocycles. The first-order valence-corrected chi connectivity index (χ1v) is 9.32. The number of hydrogen-bond donors (Lipinski definition) is 2. The van der Waals surface area contributed by atoms with E-state index in [0.717, 1.165) is 22.1 Å². The molecule has 6 nitrogen and oxygen atoms in total. The number of rotatable bonds is 4. The van der Waals surface area contributed by atoms with Crippen LogP contribution in [-0.4, -0.2) is 53.4 Å². The van der Waals surface area contributed by atoms with Gasteiger partial charge in [0, 0.05) is 38.1 Å². The highest BCUT2D eigenvalue weighted by atomic mass is 19.3. The van der Waals surface area contributed by atoms with Crippen LogP contribution in [0.3, 0.4) is 0 Å². The summed E-state index contributed by atoms with van der Waals surface area (Å²) in [6.45, 7) is 1.49. The molecule has 2 aromatic rings. The summed E-state index contributed by atoms with van der Waals surface area (Å²) < 4.78 is 27.4. The monoisotopic (exact) mass is 387 g/mol. The fourth-order valence-corrected chi connectivity index (χ4v) is 3.90. The molecule has 8 heteroatoms. The van der Waals surface area contributed by atoms with Crippen molar-refractivity contribution in [2.75, 3.05) is 26.7 Å². The number of nitrogens with one attached hydrogen (secondary N) is 1. The fourth-order valence-electron chi connectivity index (χ4n) is 3.90. The fraction of sp³-hybridized carbons (Fsp3) is 0.400. The van der Waals surface area contributed by atoms with Crippen molar-refractivity contribution in [3.63, 3.8) is 0 Å². The number of fused-ring (bicyclic) bond motifs is 1. The third-order valence-electron chi connectivity index (χ3n) is 5.22. The first-order chi connectivity index (χ1) is 13.3. The van der Waals surface area contributed by atoms with Gasteiger partial charge in [0.15, 0.2) is 0 Å². The molecule has 1 aromatic heterocycles. The predicted octanol–water partition coefficient (Wildman–Crippen LogP) is 2.36. The van der Waals surface area contributed by atoms with Gasteiger partial charge in [0.1, 0.15) is 5.69 Å². The van der Waals surface area contributed by atoms with Gasteiger partial charge in [-0.25, -0.2) is 19.2 Å². The van der Waals surface area contributed by atoms with Crippen LogP contribution in [-0.2, 0) is 6.54 Å². The number of likely N-dealkylation sites (tertiary alicyclic amines) is 1. The third-order valence-corrected chi connectivity index (χ3v) is 5.22. The smallest absolute Gasteiger partial charge is 0.267 e. The third kappa shape index (κ3) is 3.83. The van der Waals surface area contributed by atoms with Crippen molar-refractivity contribution >= 4 is 22.4 Å². The minimum Gasteiger partial charge on any atom is -0.364 e. The number of nitrogens with two attached hydrogens (primary N) is 1. The molecular weight excluding hydrogens is 364 g/mol. The Labute approximate surface area is 162 Å². The van der Waals surface area contributed by atoms with E-state index in [1.54, 1.807) is 11.0 Å². The molecule has 0 atom stereocenters. The van der Waals surface area contributed by atoms with Crippen LogP contribution >= 0.6 is 0 Å². The number of carbonyl (C=O) groups excluding carboxylic acids is 1. The maximum Gasteiger partial charge on any atom is 0.267 e. The average Bonchev–Trinajstić information content (AvgIpc) is 3.06. The molecule has 148 valence electrons. The number of hydrazine groups is 1. The Bertz CT molecular complexity index is 959. The van der Waals surface area contributed by atoms with Crippen LogP contribution in [0.15, 0.2) is 30.5 Å². The molecule has 0 aliphatic carbocycles. The van der Waals surface area contributed by atoms with Crippen molar-refractivity contribution in [2.24, 2.45) is 5.73 Å². The number of alkyl halides is 2. The van der Waals surface area contributed by atoms with Gasteiger partial charge in [-0.1, -0.05) is 12.1 Å². The molecular formula is C20H23F2N5O. The van der Waals surface area contributed by atoms with Crippen molar-refractivity contribution in [2.45, 2.75) is 25.3 Å². The number of piperidine rings is 1. The Balaban J connectivity index is 1.70.